The summed E-state index contributed by atoms with van der Waals surface area (Å²) in [7, 11) is 1.96. The summed E-state index contributed by atoms with van der Waals surface area (Å²) in [5.74, 6) is -1.75. The highest BCUT2D eigenvalue weighted by atomic mass is 19.1. The zero-order valence-corrected chi connectivity index (χ0v) is 12.9. The maximum absolute atomic E-state index is 14.8. The van der Waals surface area contributed by atoms with E-state index in [1.165, 1.54) is 6.07 Å². The number of nitrogens with two attached hydrogens (primary N) is 1. The molecular formula is C18H19F3N2. The van der Waals surface area contributed by atoms with Crippen LogP contribution in [0.5, 0.6) is 0 Å². The molecule has 0 amide bonds. The number of halogens is 3. The zero-order valence-electron chi connectivity index (χ0n) is 12.9. The lowest BCUT2D eigenvalue weighted by atomic mass is 9.96. The molecule has 0 radical (unpaired) electrons. The first-order chi connectivity index (χ1) is 11.0. The van der Waals surface area contributed by atoms with Crippen molar-refractivity contribution in [1.29, 1.82) is 0 Å². The van der Waals surface area contributed by atoms with E-state index < -0.39 is 17.5 Å². The van der Waals surface area contributed by atoms with Crippen molar-refractivity contribution in [3.8, 4) is 11.1 Å². The summed E-state index contributed by atoms with van der Waals surface area (Å²) in [4.78, 5) is 2.11. The van der Waals surface area contributed by atoms with Crippen LogP contribution < -0.4 is 5.73 Å². The van der Waals surface area contributed by atoms with E-state index in [0.717, 1.165) is 31.2 Å². The number of benzene rings is 2. The Balaban J connectivity index is 1.97. The van der Waals surface area contributed by atoms with E-state index in [9.17, 15) is 13.2 Å². The molecule has 5 heteroatoms. The molecular weight excluding hydrogens is 301 g/mol. The van der Waals surface area contributed by atoms with Gasteiger partial charge in [0.25, 0.3) is 0 Å². The molecule has 0 saturated carbocycles. The fourth-order valence-corrected chi connectivity index (χ4v) is 3.22. The van der Waals surface area contributed by atoms with Gasteiger partial charge in [0.1, 0.15) is 17.5 Å². The second kappa shape index (κ2) is 6.34. The fraction of sp³-hybridized carbons (Fsp3) is 0.333. The lowest BCUT2D eigenvalue weighted by Crippen LogP contribution is -2.39. The molecule has 0 aromatic heterocycles. The Morgan fingerprint density at radius 3 is 2.61 bits per heavy atom. The van der Waals surface area contributed by atoms with Crippen molar-refractivity contribution in [2.75, 3.05) is 13.6 Å². The highest BCUT2D eigenvalue weighted by Crippen LogP contribution is 2.29. The molecule has 0 aliphatic carbocycles. The summed E-state index contributed by atoms with van der Waals surface area (Å²) < 4.78 is 42.1. The van der Waals surface area contributed by atoms with Crippen LogP contribution in [0.4, 0.5) is 13.2 Å². The smallest absolute Gasteiger partial charge is 0.134 e. The molecule has 2 aromatic rings. The largest absolute Gasteiger partial charge is 0.326 e. The number of likely N-dealkylation sites (N-methyl/N-ethyl adjacent to an activating group) is 1. The number of hydrogen-bond donors (Lipinski definition) is 1. The topological polar surface area (TPSA) is 29.3 Å². The SMILES string of the molecule is CN1CCC(N)C1Cc1cccc(-c2cc(F)ccc2F)c1F. The quantitative estimate of drug-likeness (QED) is 0.940. The van der Waals surface area contributed by atoms with Crippen molar-refractivity contribution in [3.05, 3.63) is 59.4 Å². The zero-order chi connectivity index (χ0) is 16.6. The molecule has 2 aromatic carbocycles. The van der Waals surface area contributed by atoms with Crippen LogP contribution in [0, 0.1) is 17.5 Å². The van der Waals surface area contributed by atoms with Gasteiger partial charge in [-0.1, -0.05) is 18.2 Å². The maximum atomic E-state index is 14.8. The van der Waals surface area contributed by atoms with E-state index in [1.54, 1.807) is 12.1 Å². The summed E-state index contributed by atoms with van der Waals surface area (Å²) in [6, 6.07) is 7.91. The second-order valence-corrected chi connectivity index (χ2v) is 6.11. The molecule has 1 aliphatic heterocycles. The Bertz CT molecular complexity index is 707. The fourth-order valence-electron chi connectivity index (χ4n) is 3.22. The molecule has 1 fully saturated rings. The number of likely N-dealkylation sites (tertiary alicyclic amines) is 1. The van der Waals surface area contributed by atoms with Crippen molar-refractivity contribution in [1.82, 2.24) is 4.90 Å². The number of nitrogens with zero attached hydrogens (tertiary/aromatic N) is 1. The van der Waals surface area contributed by atoms with E-state index in [4.69, 9.17) is 5.73 Å². The molecule has 3 rings (SSSR count). The Morgan fingerprint density at radius 2 is 1.91 bits per heavy atom. The number of hydrogen-bond acceptors (Lipinski definition) is 2. The average molecular weight is 320 g/mol. The molecule has 2 unspecified atom stereocenters. The highest BCUT2D eigenvalue weighted by molar-refractivity contribution is 5.66. The first kappa shape index (κ1) is 16.0. The van der Waals surface area contributed by atoms with Gasteiger partial charge in [0.2, 0.25) is 0 Å². The van der Waals surface area contributed by atoms with Gasteiger partial charge in [-0.05, 0) is 50.2 Å². The first-order valence-electron chi connectivity index (χ1n) is 7.66. The number of rotatable bonds is 3. The van der Waals surface area contributed by atoms with Gasteiger partial charge in [0.15, 0.2) is 0 Å². The van der Waals surface area contributed by atoms with Gasteiger partial charge in [-0.2, -0.15) is 0 Å². The molecule has 1 aliphatic rings. The molecule has 2 atom stereocenters. The van der Waals surface area contributed by atoms with Gasteiger partial charge >= 0.3 is 0 Å². The van der Waals surface area contributed by atoms with Gasteiger partial charge in [0, 0.05) is 23.2 Å². The minimum atomic E-state index is -0.642. The van der Waals surface area contributed by atoms with E-state index in [0.29, 0.717) is 12.0 Å². The van der Waals surface area contributed by atoms with Crippen molar-refractivity contribution in [3.63, 3.8) is 0 Å². The minimum absolute atomic E-state index is 0.00559. The van der Waals surface area contributed by atoms with Gasteiger partial charge in [-0.25, -0.2) is 13.2 Å². The molecule has 1 saturated heterocycles. The molecule has 0 spiro atoms. The van der Waals surface area contributed by atoms with Gasteiger partial charge in [-0.15, -0.1) is 0 Å². The van der Waals surface area contributed by atoms with E-state index in [1.807, 2.05) is 7.05 Å². The first-order valence-corrected chi connectivity index (χ1v) is 7.66. The van der Waals surface area contributed by atoms with Crippen LogP contribution in [0.1, 0.15) is 12.0 Å². The van der Waals surface area contributed by atoms with Crippen molar-refractivity contribution in [2.45, 2.75) is 24.9 Å². The Kier molecular flexibility index (Phi) is 4.41. The van der Waals surface area contributed by atoms with Crippen LogP contribution in [0.2, 0.25) is 0 Å². The molecule has 2 N–H and O–H groups in total. The highest BCUT2D eigenvalue weighted by Gasteiger charge is 2.30. The predicted octanol–water partition coefficient (Wildman–Crippen LogP) is 3.34. The van der Waals surface area contributed by atoms with Gasteiger partial charge in [0.05, 0.1) is 0 Å². The van der Waals surface area contributed by atoms with Crippen LogP contribution in [0.25, 0.3) is 11.1 Å². The lowest BCUT2D eigenvalue weighted by molar-refractivity contribution is 0.294. The molecule has 1 heterocycles. The summed E-state index contributed by atoms with van der Waals surface area (Å²) >= 11 is 0. The van der Waals surface area contributed by atoms with Gasteiger partial charge in [-0.3, -0.25) is 0 Å². The van der Waals surface area contributed by atoms with E-state index in [-0.39, 0.29) is 23.2 Å². The molecule has 122 valence electrons. The Morgan fingerprint density at radius 1 is 1.13 bits per heavy atom. The Hall–Kier alpha value is -1.85. The van der Waals surface area contributed by atoms with Crippen LogP contribution in [-0.4, -0.2) is 30.6 Å². The third-order valence-corrected chi connectivity index (χ3v) is 4.60. The van der Waals surface area contributed by atoms with Crippen LogP contribution >= 0.6 is 0 Å². The Labute approximate surface area is 133 Å². The van der Waals surface area contributed by atoms with Crippen LogP contribution in [0.15, 0.2) is 36.4 Å². The van der Waals surface area contributed by atoms with Crippen LogP contribution in [-0.2, 0) is 6.42 Å². The monoisotopic (exact) mass is 320 g/mol. The summed E-state index contributed by atoms with van der Waals surface area (Å²) in [5.41, 5.74) is 6.58. The normalized spacial score (nSPS) is 21.8. The molecule has 23 heavy (non-hydrogen) atoms. The minimum Gasteiger partial charge on any atom is -0.326 e. The van der Waals surface area contributed by atoms with Crippen LogP contribution in [0.3, 0.4) is 0 Å². The van der Waals surface area contributed by atoms with E-state index >= 15 is 0 Å². The maximum Gasteiger partial charge on any atom is 0.134 e. The van der Waals surface area contributed by atoms with Gasteiger partial charge < -0.3 is 10.6 Å². The summed E-state index contributed by atoms with van der Waals surface area (Å²) in [5, 5.41) is 0. The third kappa shape index (κ3) is 3.12. The lowest BCUT2D eigenvalue weighted by Gasteiger charge is -2.23. The standard InChI is InChI=1S/C18H19F3N2/c1-23-8-7-16(22)17(23)9-11-3-2-4-13(18(11)21)14-10-12(19)5-6-15(14)20/h2-6,10,16-17H,7-9,22H2,1H3. The molecule has 2 nitrogen and oxygen atoms in total. The summed E-state index contributed by atoms with van der Waals surface area (Å²) in [6.45, 7) is 0.881. The van der Waals surface area contributed by atoms with Crippen molar-refractivity contribution >= 4 is 0 Å². The molecule has 0 bridgehead atoms. The summed E-state index contributed by atoms with van der Waals surface area (Å²) in [6.07, 6.45) is 1.33. The van der Waals surface area contributed by atoms with Crippen molar-refractivity contribution < 1.29 is 13.2 Å². The van der Waals surface area contributed by atoms with Crippen molar-refractivity contribution in [2.24, 2.45) is 5.73 Å². The van der Waals surface area contributed by atoms with E-state index in [2.05, 4.69) is 4.90 Å². The second-order valence-electron chi connectivity index (χ2n) is 6.11. The predicted molar refractivity (Wildman–Crippen MR) is 84.5 cm³/mol. The third-order valence-electron chi connectivity index (χ3n) is 4.60. The average Bonchev–Trinajstić information content (AvgIpc) is 2.84.